The summed E-state index contributed by atoms with van der Waals surface area (Å²) in [5.41, 5.74) is 2.30. The van der Waals surface area contributed by atoms with Crippen molar-refractivity contribution in [2.24, 2.45) is 10.2 Å². The van der Waals surface area contributed by atoms with Crippen LogP contribution in [-0.4, -0.2) is 20.1 Å². The molecule has 0 saturated carbocycles. The molecule has 6 nitrogen and oxygen atoms in total. The van der Waals surface area contributed by atoms with Crippen LogP contribution in [0.1, 0.15) is 0 Å². The van der Waals surface area contributed by atoms with Crippen LogP contribution >= 0.6 is 0 Å². The highest BCUT2D eigenvalue weighted by molar-refractivity contribution is 5.94. The van der Waals surface area contributed by atoms with E-state index in [4.69, 9.17) is 0 Å². The van der Waals surface area contributed by atoms with E-state index >= 15 is 0 Å². The Kier molecular flexibility index (Phi) is 3.98. The zero-order valence-corrected chi connectivity index (χ0v) is 15.0. The minimum atomic E-state index is -0.424. The van der Waals surface area contributed by atoms with Gasteiger partial charge in [0.05, 0.1) is 11.0 Å². The Balaban J connectivity index is 1.67. The fourth-order valence-electron chi connectivity index (χ4n) is 3.19. The Hall–Kier alpha value is -4.13. The van der Waals surface area contributed by atoms with Crippen LogP contribution < -0.4 is 0 Å². The van der Waals surface area contributed by atoms with Gasteiger partial charge in [0, 0.05) is 16.3 Å². The topological polar surface area (TPSA) is 86.5 Å². The number of azo groups is 1. The van der Waals surface area contributed by atoms with Crippen molar-refractivity contribution >= 4 is 33.3 Å². The summed E-state index contributed by atoms with van der Waals surface area (Å²) in [6.45, 7) is 0. The molecule has 0 spiro atoms. The summed E-state index contributed by atoms with van der Waals surface area (Å²) in [7, 11) is 0. The molecular formula is C22H14FN5O. The van der Waals surface area contributed by atoms with Crippen molar-refractivity contribution in [3.05, 3.63) is 78.6 Å². The van der Waals surface area contributed by atoms with Crippen LogP contribution in [0.2, 0.25) is 0 Å². The molecule has 7 heteroatoms. The number of rotatable bonds is 3. The molecule has 0 aliphatic carbocycles. The number of nitrogens with zero attached hydrogens (tertiary/aromatic N) is 4. The lowest BCUT2D eigenvalue weighted by atomic mass is 10.2. The largest absolute Gasteiger partial charge is 0.493 e. The Morgan fingerprint density at radius 1 is 0.828 bits per heavy atom. The predicted octanol–water partition coefficient (Wildman–Crippen LogP) is 6.04. The van der Waals surface area contributed by atoms with Gasteiger partial charge in [0.2, 0.25) is 5.88 Å². The van der Waals surface area contributed by atoms with Crippen molar-refractivity contribution in [2.75, 3.05) is 0 Å². The summed E-state index contributed by atoms with van der Waals surface area (Å²) in [4.78, 5) is 11.9. The maximum Gasteiger partial charge on any atom is 0.218 e. The summed E-state index contributed by atoms with van der Waals surface area (Å²) in [5, 5.41) is 19.8. The van der Waals surface area contributed by atoms with E-state index in [0.717, 1.165) is 16.5 Å². The number of aromatic hydroxyl groups is 1. The van der Waals surface area contributed by atoms with Crippen LogP contribution in [0.4, 0.5) is 15.9 Å². The Morgan fingerprint density at radius 3 is 2.48 bits per heavy atom. The van der Waals surface area contributed by atoms with E-state index in [1.165, 1.54) is 18.2 Å². The van der Waals surface area contributed by atoms with E-state index in [1.54, 1.807) is 0 Å². The monoisotopic (exact) mass is 383 g/mol. The highest BCUT2D eigenvalue weighted by Gasteiger charge is 2.13. The van der Waals surface area contributed by atoms with Crippen molar-refractivity contribution in [3.63, 3.8) is 0 Å². The minimum Gasteiger partial charge on any atom is -0.493 e. The maximum atomic E-state index is 13.6. The van der Waals surface area contributed by atoms with Gasteiger partial charge in [-0.05, 0) is 30.3 Å². The van der Waals surface area contributed by atoms with E-state index in [1.807, 2.05) is 54.6 Å². The molecule has 0 saturated heterocycles. The highest BCUT2D eigenvalue weighted by Crippen LogP contribution is 2.37. The third-order valence-electron chi connectivity index (χ3n) is 4.57. The summed E-state index contributed by atoms with van der Waals surface area (Å²) < 4.78 is 13.6. The Bertz CT molecular complexity index is 1380. The molecule has 0 amide bonds. The molecule has 29 heavy (non-hydrogen) atoms. The molecule has 0 aliphatic rings. The molecule has 5 rings (SSSR count). The summed E-state index contributed by atoms with van der Waals surface area (Å²) in [5.74, 6) is 0.273. The van der Waals surface area contributed by atoms with Gasteiger partial charge in [-0.25, -0.2) is 14.4 Å². The fourth-order valence-corrected chi connectivity index (χ4v) is 3.19. The SMILES string of the molecule is Oc1[nH]c2ccc(F)cc2c1N=Nc1nc(-c2ccccc2)nc2ccccc12. The first-order chi connectivity index (χ1) is 14.2. The number of halogens is 1. The quantitative estimate of drug-likeness (QED) is 0.373. The van der Waals surface area contributed by atoms with Crippen molar-refractivity contribution in [1.82, 2.24) is 15.0 Å². The van der Waals surface area contributed by atoms with Crippen LogP contribution in [0.5, 0.6) is 5.88 Å². The molecule has 140 valence electrons. The number of H-pyrrole nitrogens is 1. The number of hydrogen-bond donors (Lipinski definition) is 2. The van der Waals surface area contributed by atoms with Gasteiger partial charge in [-0.2, -0.15) is 0 Å². The van der Waals surface area contributed by atoms with Gasteiger partial charge in [-0.3, -0.25) is 0 Å². The van der Waals surface area contributed by atoms with Gasteiger partial charge in [0.15, 0.2) is 17.3 Å². The average molecular weight is 383 g/mol. The number of aromatic amines is 1. The molecule has 2 heterocycles. The first kappa shape index (κ1) is 17.0. The van der Waals surface area contributed by atoms with Crippen molar-refractivity contribution in [1.29, 1.82) is 0 Å². The smallest absolute Gasteiger partial charge is 0.218 e. The van der Waals surface area contributed by atoms with E-state index < -0.39 is 5.82 Å². The molecule has 2 aromatic heterocycles. The maximum absolute atomic E-state index is 13.6. The second-order valence-corrected chi connectivity index (χ2v) is 6.47. The minimum absolute atomic E-state index is 0.156. The van der Waals surface area contributed by atoms with Crippen LogP contribution in [0.3, 0.4) is 0 Å². The number of aromatic nitrogens is 3. The summed E-state index contributed by atoms with van der Waals surface area (Å²) >= 11 is 0. The Labute approximate surface area is 164 Å². The number of fused-ring (bicyclic) bond motifs is 2. The first-order valence-electron chi connectivity index (χ1n) is 8.93. The average Bonchev–Trinajstić information content (AvgIpc) is 3.06. The van der Waals surface area contributed by atoms with Crippen molar-refractivity contribution < 1.29 is 9.50 Å². The molecule has 0 atom stereocenters. The summed E-state index contributed by atoms with van der Waals surface area (Å²) in [6.07, 6.45) is 0. The third kappa shape index (κ3) is 3.08. The molecular weight excluding hydrogens is 369 g/mol. The van der Waals surface area contributed by atoms with E-state index in [-0.39, 0.29) is 11.6 Å². The number of benzene rings is 3. The lowest BCUT2D eigenvalue weighted by Gasteiger charge is -2.05. The number of nitrogens with one attached hydrogen (secondary N) is 1. The normalized spacial score (nSPS) is 11.6. The van der Waals surface area contributed by atoms with Crippen LogP contribution in [0, 0.1) is 5.82 Å². The van der Waals surface area contributed by atoms with E-state index in [2.05, 4.69) is 25.2 Å². The lowest BCUT2D eigenvalue weighted by Crippen LogP contribution is -1.90. The van der Waals surface area contributed by atoms with Gasteiger partial charge >= 0.3 is 0 Å². The van der Waals surface area contributed by atoms with Crippen LogP contribution in [0.15, 0.2) is 83.0 Å². The summed E-state index contributed by atoms with van der Waals surface area (Å²) in [6, 6.07) is 21.2. The molecule has 0 radical (unpaired) electrons. The molecule has 0 bridgehead atoms. The zero-order chi connectivity index (χ0) is 19.8. The molecule has 0 fully saturated rings. The molecule has 2 N–H and O–H groups in total. The van der Waals surface area contributed by atoms with Gasteiger partial charge in [0.25, 0.3) is 0 Å². The second kappa shape index (κ2) is 6.79. The standard InChI is InChI=1S/C22H14FN5O/c23-14-10-11-18-16(12-14)19(22(29)25-18)27-28-21-15-8-4-5-9-17(15)24-20(26-21)13-6-2-1-3-7-13/h1-12,25,29H. The lowest BCUT2D eigenvalue weighted by molar-refractivity contribution is 0.459. The molecule has 5 aromatic rings. The van der Waals surface area contributed by atoms with Gasteiger partial charge in [0.1, 0.15) is 5.82 Å². The number of para-hydroxylation sites is 1. The molecule has 0 aliphatic heterocycles. The predicted molar refractivity (Wildman–Crippen MR) is 109 cm³/mol. The van der Waals surface area contributed by atoms with E-state index in [9.17, 15) is 9.50 Å². The van der Waals surface area contributed by atoms with E-state index in [0.29, 0.717) is 22.5 Å². The van der Waals surface area contributed by atoms with Gasteiger partial charge < -0.3 is 10.1 Å². The molecule has 3 aromatic carbocycles. The van der Waals surface area contributed by atoms with Crippen LogP contribution in [0.25, 0.3) is 33.2 Å². The van der Waals surface area contributed by atoms with Crippen molar-refractivity contribution in [2.45, 2.75) is 0 Å². The van der Waals surface area contributed by atoms with Gasteiger partial charge in [-0.15, -0.1) is 10.2 Å². The van der Waals surface area contributed by atoms with Crippen molar-refractivity contribution in [3.8, 4) is 17.3 Å². The second-order valence-electron chi connectivity index (χ2n) is 6.47. The molecule has 0 unspecified atom stereocenters. The fraction of sp³-hybridized carbons (Fsp3) is 0. The zero-order valence-electron chi connectivity index (χ0n) is 15.0. The van der Waals surface area contributed by atoms with Gasteiger partial charge in [-0.1, -0.05) is 42.5 Å². The third-order valence-corrected chi connectivity index (χ3v) is 4.57. The van der Waals surface area contributed by atoms with Crippen LogP contribution in [-0.2, 0) is 0 Å². The first-order valence-corrected chi connectivity index (χ1v) is 8.93. The Morgan fingerprint density at radius 2 is 1.62 bits per heavy atom. The highest BCUT2D eigenvalue weighted by atomic mass is 19.1. The number of hydrogen-bond acceptors (Lipinski definition) is 5.